The number of aliphatic hydroxyl groups is 1. The smallest absolute Gasteiger partial charge is 0.312 e. The van der Waals surface area contributed by atoms with Crippen LogP contribution in [0.25, 0.3) is 0 Å². The second-order valence-electron chi connectivity index (χ2n) is 15.1. The van der Waals surface area contributed by atoms with E-state index >= 15 is 0 Å². The van der Waals surface area contributed by atoms with Crippen LogP contribution in [0.3, 0.4) is 0 Å². The van der Waals surface area contributed by atoms with Crippen LogP contribution < -0.4 is 0 Å². The quantitative estimate of drug-likeness (QED) is 0.442. The van der Waals surface area contributed by atoms with Crippen molar-refractivity contribution < 1.29 is 19.4 Å². The minimum Gasteiger partial charge on any atom is -0.453 e. The van der Waals surface area contributed by atoms with Crippen LogP contribution in [0, 0.1) is 44.3 Å². The lowest BCUT2D eigenvalue weighted by Gasteiger charge is -2.71. The Balaban J connectivity index is 1.53. The predicted octanol–water partition coefficient (Wildman–Crippen LogP) is 6.01. The molecular formula is C30H44O4. The van der Waals surface area contributed by atoms with Gasteiger partial charge in [-0.2, -0.15) is 0 Å². The standard InChI is InChI=1S/C30H44O4/c1-24(2)19-8-11-29(7)22(27(19,5)10-9-21(24)32)18(31)16-20-28(29,6)15-14-26(4)13-12-25(3)17-30(20,26)34-23(25)33/h16,19,21-22,32H,8-15,17H2,1-7H3/t19-,21-,22+,25-,26+,27-,28+,29+,30-/m0/s1. The van der Waals surface area contributed by atoms with E-state index < -0.39 is 11.0 Å². The van der Waals surface area contributed by atoms with Crippen LogP contribution in [-0.4, -0.2) is 28.6 Å². The maximum Gasteiger partial charge on any atom is 0.312 e. The van der Waals surface area contributed by atoms with Crippen LogP contribution in [0.4, 0.5) is 0 Å². The number of hydrogen-bond acceptors (Lipinski definition) is 4. The highest BCUT2D eigenvalue weighted by molar-refractivity contribution is 5.96. The van der Waals surface area contributed by atoms with Gasteiger partial charge in [-0.05, 0) is 97.5 Å². The number of carbonyl (C=O) groups is 2. The minimum absolute atomic E-state index is 0.0490. The molecule has 4 saturated carbocycles. The number of aliphatic hydroxyl groups excluding tert-OH is 1. The van der Waals surface area contributed by atoms with Crippen molar-refractivity contribution in [2.75, 3.05) is 0 Å². The van der Waals surface area contributed by atoms with Crippen molar-refractivity contribution in [2.45, 2.75) is 118 Å². The van der Waals surface area contributed by atoms with Gasteiger partial charge in [-0.1, -0.05) is 41.5 Å². The summed E-state index contributed by atoms with van der Waals surface area (Å²) in [5.41, 5.74) is -0.643. The summed E-state index contributed by atoms with van der Waals surface area (Å²) >= 11 is 0. The Morgan fingerprint density at radius 2 is 1.56 bits per heavy atom. The molecule has 6 aliphatic rings. The lowest BCUT2D eigenvalue weighted by Crippen LogP contribution is -2.69. The zero-order valence-electron chi connectivity index (χ0n) is 22.3. The summed E-state index contributed by atoms with van der Waals surface area (Å²) in [6, 6.07) is 0. The zero-order valence-corrected chi connectivity index (χ0v) is 22.3. The molecule has 5 aliphatic carbocycles. The number of carbonyl (C=O) groups excluding carboxylic acids is 2. The van der Waals surface area contributed by atoms with Crippen LogP contribution in [0.5, 0.6) is 0 Å². The third-order valence-electron chi connectivity index (χ3n) is 13.4. The van der Waals surface area contributed by atoms with Gasteiger partial charge in [0.05, 0.1) is 11.5 Å². The molecule has 4 heteroatoms. The number of fused-ring (bicyclic) bond motifs is 6. The average Bonchev–Trinajstić information content (AvgIpc) is 2.97. The molecule has 1 saturated heterocycles. The lowest BCUT2D eigenvalue weighted by molar-refractivity contribution is -0.212. The molecule has 0 unspecified atom stereocenters. The minimum atomic E-state index is -0.631. The molecule has 4 nitrogen and oxygen atoms in total. The van der Waals surface area contributed by atoms with Crippen molar-refractivity contribution in [2.24, 2.45) is 44.3 Å². The summed E-state index contributed by atoms with van der Waals surface area (Å²) < 4.78 is 6.48. The molecule has 0 radical (unpaired) electrons. The molecule has 6 rings (SSSR count). The lowest BCUT2D eigenvalue weighted by atomic mass is 9.33. The fourth-order valence-electron chi connectivity index (χ4n) is 10.9. The molecule has 0 aromatic carbocycles. The average molecular weight is 469 g/mol. The first kappa shape index (κ1) is 23.3. The van der Waals surface area contributed by atoms with Crippen molar-refractivity contribution in [1.82, 2.24) is 0 Å². The van der Waals surface area contributed by atoms with E-state index in [0.717, 1.165) is 63.4 Å². The fraction of sp³-hybridized carbons (Fsp3) is 0.867. The van der Waals surface area contributed by atoms with E-state index in [1.807, 2.05) is 6.08 Å². The largest absolute Gasteiger partial charge is 0.453 e. The predicted molar refractivity (Wildman–Crippen MR) is 131 cm³/mol. The molecule has 5 fully saturated rings. The van der Waals surface area contributed by atoms with E-state index in [9.17, 15) is 14.7 Å². The van der Waals surface area contributed by atoms with E-state index in [0.29, 0.717) is 5.92 Å². The van der Waals surface area contributed by atoms with Gasteiger partial charge in [-0.15, -0.1) is 0 Å². The second-order valence-corrected chi connectivity index (χ2v) is 15.1. The molecule has 0 aromatic rings. The molecule has 188 valence electrons. The number of ether oxygens (including phenoxy) is 1. The number of esters is 1. The van der Waals surface area contributed by atoms with Gasteiger partial charge in [0.1, 0.15) is 5.60 Å². The highest BCUT2D eigenvalue weighted by Gasteiger charge is 2.76. The molecule has 0 aromatic heterocycles. The Bertz CT molecular complexity index is 1030. The van der Waals surface area contributed by atoms with Gasteiger partial charge in [0.2, 0.25) is 0 Å². The number of ketones is 1. The van der Waals surface area contributed by atoms with Crippen molar-refractivity contribution in [1.29, 1.82) is 0 Å². The Labute approximate surface area is 205 Å². The first-order chi connectivity index (χ1) is 15.6. The number of rotatable bonds is 0. The first-order valence-corrected chi connectivity index (χ1v) is 13.8. The molecule has 2 bridgehead atoms. The summed E-state index contributed by atoms with van der Waals surface area (Å²) in [6.07, 6.45) is 10.1. The fourth-order valence-corrected chi connectivity index (χ4v) is 10.9. The van der Waals surface area contributed by atoms with Crippen molar-refractivity contribution in [3.05, 3.63) is 11.6 Å². The van der Waals surface area contributed by atoms with Gasteiger partial charge >= 0.3 is 5.97 Å². The van der Waals surface area contributed by atoms with Gasteiger partial charge < -0.3 is 9.84 Å². The van der Waals surface area contributed by atoms with E-state index in [1.165, 1.54) is 0 Å². The zero-order chi connectivity index (χ0) is 24.7. The Morgan fingerprint density at radius 3 is 2.26 bits per heavy atom. The third-order valence-corrected chi connectivity index (χ3v) is 13.4. The van der Waals surface area contributed by atoms with E-state index in [2.05, 4.69) is 48.5 Å². The van der Waals surface area contributed by atoms with E-state index in [4.69, 9.17) is 4.74 Å². The molecule has 9 atom stereocenters. The monoisotopic (exact) mass is 468 g/mol. The van der Waals surface area contributed by atoms with E-state index in [1.54, 1.807) is 0 Å². The number of allylic oxidation sites excluding steroid dienone is 1. The first-order valence-electron chi connectivity index (χ1n) is 13.8. The molecule has 0 amide bonds. The Morgan fingerprint density at radius 1 is 0.882 bits per heavy atom. The summed E-state index contributed by atoms with van der Waals surface area (Å²) in [5, 5.41) is 10.9. The van der Waals surface area contributed by atoms with Crippen LogP contribution >= 0.6 is 0 Å². The van der Waals surface area contributed by atoms with Crippen LogP contribution in [0.15, 0.2) is 11.6 Å². The van der Waals surface area contributed by atoms with Crippen molar-refractivity contribution >= 4 is 11.8 Å². The van der Waals surface area contributed by atoms with Gasteiger partial charge in [0.15, 0.2) is 5.78 Å². The third kappa shape index (κ3) is 2.28. The maximum absolute atomic E-state index is 14.3. The van der Waals surface area contributed by atoms with Gasteiger partial charge in [0, 0.05) is 17.8 Å². The van der Waals surface area contributed by atoms with Crippen molar-refractivity contribution in [3.63, 3.8) is 0 Å². The molecule has 34 heavy (non-hydrogen) atoms. The van der Waals surface area contributed by atoms with Crippen LogP contribution in [-0.2, 0) is 14.3 Å². The number of hydrogen-bond donors (Lipinski definition) is 1. The molecule has 1 heterocycles. The molecule has 1 N–H and O–H groups in total. The molecular weight excluding hydrogens is 424 g/mol. The molecule has 1 spiro atoms. The van der Waals surface area contributed by atoms with Crippen molar-refractivity contribution in [3.8, 4) is 0 Å². The van der Waals surface area contributed by atoms with Gasteiger partial charge in [0.25, 0.3) is 0 Å². The van der Waals surface area contributed by atoms with E-state index in [-0.39, 0.29) is 50.8 Å². The normalized spacial score (nSPS) is 57.5. The van der Waals surface area contributed by atoms with Gasteiger partial charge in [-0.3, -0.25) is 9.59 Å². The molecule has 1 aliphatic heterocycles. The second kappa shape index (κ2) is 6.21. The highest BCUT2D eigenvalue weighted by Crippen LogP contribution is 2.77. The maximum atomic E-state index is 14.3. The Hall–Kier alpha value is -1.16. The van der Waals surface area contributed by atoms with Crippen LogP contribution in [0.1, 0.15) is 106 Å². The highest BCUT2D eigenvalue weighted by atomic mass is 16.6. The summed E-state index contributed by atoms with van der Waals surface area (Å²) in [7, 11) is 0. The SMILES string of the molecule is CC1(C)[C@@H](O)CC[C@]2(C)[C@H]3C(=O)C=C4[C@@]56C[C@](C)(CC[C@]5(C)CC[C@@]4(C)[C@]3(C)CC[C@@H]12)C(=O)O6. The topological polar surface area (TPSA) is 63.6 Å². The van der Waals surface area contributed by atoms with Gasteiger partial charge in [-0.25, -0.2) is 0 Å². The van der Waals surface area contributed by atoms with Crippen LogP contribution in [0.2, 0.25) is 0 Å². The summed E-state index contributed by atoms with van der Waals surface area (Å²) in [6.45, 7) is 16.0. The summed E-state index contributed by atoms with van der Waals surface area (Å²) in [5.74, 6) is 0.480. The Kier molecular flexibility index (Phi) is 4.25. The summed E-state index contributed by atoms with van der Waals surface area (Å²) in [4.78, 5) is 27.5.